The molecule has 34 heavy (non-hydrogen) atoms. The lowest BCUT2D eigenvalue weighted by Gasteiger charge is -2.62. The first-order chi connectivity index (χ1) is 16.3. The van der Waals surface area contributed by atoms with E-state index in [0.717, 1.165) is 18.7 Å². The van der Waals surface area contributed by atoms with Gasteiger partial charge >= 0.3 is 6.03 Å². The van der Waals surface area contributed by atoms with Crippen LogP contribution in [0.1, 0.15) is 35.7 Å². The maximum absolute atomic E-state index is 14.1. The van der Waals surface area contributed by atoms with Crippen LogP contribution in [-0.2, 0) is 9.53 Å². The molecule has 0 bridgehead atoms. The first-order valence-corrected chi connectivity index (χ1v) is 12.3. The SMILES string of the molecule is CC(C)N1C(=O)c2ccccc2C(C(=O)N2CCN(C)CC2)C12CN(C(=O)N1CCOCC1)C2. The minimum absolute atomic E-state index is 0.0327. The molecule has 9 heteroatoms. The fourth-order valence-corrected chi connectivity index (χ4v) is 6.06. The lowest BCUT2D eigenvalue weighted by Crippen LogP contribution is -2.79. The Bertz CT molecular complexity index is 962. The number of piperazine rings is 1. The van der Waals surface area contributed by atoms with E-state index in [1.54, 1.807) is 4.90 Å². The Kier molecular flexibility index (Phi) is 6.02. The molecule has 1 spiro atoms. The van der Waals surface area contributed by atoms with Gasteiger partial charge in [0.2, 0.25) is 5.91 Å². The number of likely N-dealkylation sites (tertiary alicyclic amines) is 1. The van der Waals surface area contributed by atoms with Crippen molar-refractivity contribution in [2.45, 2.75) is 31.3 Å². The summed E-state index contributed by atoms with van der Waals surface area (Å²) >= 11 is 0. The van der Waals surface area contributed by atoms with Crippen LogP contribution in [0.25, 0.3) is 0 Å². The molecule has 0 aromatic heterocycles. The summed E-state index contributed by atoms with van der Waals surface area (Å²) in [6.45, 7) is 9.98. The first-order valence-electron chi connectivity index (χ1n) is 12.3. The number of nitrogens with zero attached hydrogens (tertiary/aromatic N) is 5. The second-order valence-electron chi connectivity index (χ2n) is 10.3. The summed E-state index contributed by atoms with van der Waals surface area (Å²) in [5.74, 6) is -0.468. The molecule has 1 atom stereocenters. The van der Waals surface area contributed by atoms with Crippen LogP contribution in [0.15, 0.2) is 24.3 Å². The molecule has 0 aliphatic carbocycles. The van der Waals surface area contributed by atoms with Crippen LogP contribution < -0.4 is 0 Å². The maximum Gasteiger partial charge on any atom is 0.320 e. The van der Waals surface area contributed by atoms with Crippen molar-refractivity contribution in [3.63, 3.8) is 0 Å². The third-order valence-electron chi connectivity index (χ3n) is 7.80. The van der Waals surface area contributed by atoms with E-state index in [-0.39, 0.29) is 23.9 Å². The van der Waals surface area contributed by atoms with Gasteiger partial charge < -0.3 is 29.2 Å². The van der Waals surface area contributed by atoms with Gasteiger partial charge in [-0.25, -0.2) is 4.79 Å². The highest BCUT2D eigenvalue weighted by Crippen LogP contribution is 2.48. The van der Waals surface area contributed by atoms with Crippen LogP contribution in [0.2, 0.25) is 0 Å². The zero-order valence-corrected chi connectivity index (χ0v) is 20.4. The molecule has 4 amide bonds. The molecule has 0 saturated carbocycles. The molecule has 3 saturated heterocycles. The largest absolute Gasteiger partial charge is 0.378 e. The van der Waals surface area contributed by atoms with Gasteiger partial charge in [0.15, 0.2) is 0 Å². The summed E-state index contributed by atoms with van der Waals surface area (Å²) < 4.78 is 5.40. The summed E-state index contributed by atoms with van der Waals surface area (Å²) in [4.78, 5) is 50.7. The zero-order valence-electron chi connectivity index (χ0n) is 20.4. The van der Waals surface area contributed by atoms with Crippen molar-refractivity contribution in [3.05, 3.63) is 35.4 Å². The Hall–Kier alpha value is -2.65. The maximum atomic E-state index is 14.1. The third-order valence-corrected chi connectivity index (χ3v) is 7.80. The molecule has 5 rings (SSSR count). The summed E-state index contributed by atoms with van der Waals surface area (Å²) in [5, 5.41) is 0. The van der Waals surface area contributed by atoms with Crippen LogP contribution in [0.3, 0.4) is 0 Å². The molecule has 9 nitrogen and oxygen atoms in total. The minimum Gasteiger partial charge on any atom is -0.378 e. The average Bonchev–Trinajstić information content (AvgIpc) is 2.82. The summed E-state index contributed by atoms with van der Waals surface area (Å²) in [7, 11) is 2.07. The van der Waals surface area contributed by atoms with E-state index in [1.807, 2.05) is 52.8 Å². The number of morpholine rings is 1. The summed E-state index contributed by atoms with van der Waals surface area (Å²) in [6.07, 6.45) is 0. The zero-order chi connectivity index (χ0) is 24.0. The normalized spacial score (nSPS) is 24.9. The summed E-state index contributed by atoms with van der Waals surface area (Å²) in [5.41, 5.74) is 0.668. The van der Waals surface area contributed by atoms with Gasteiger partial charge in [-0.1, -0.05) is 18.2 Å². The second-order valence-corrected chi connectivity index (χ2v) is 10.3. The van der Waals surface area contributed by atoms with Crippen LogP contribution in [0.5, 0.6) is 0 Å². The predicted octanol–water partition coefficient (Wildman–Crippen LogP) is 0.915. The highest BCUT2D eigenvalue weighted by molar-refractivity contribution is 6.02. The molecule has 4 heterocycles. The molecule has 1 aromatic carbocycles. The van der Waals surface area contributed by atoms with E-state index in [1.165, 1.54) is 0 Å². The quantitative estimate of drug-likeness (QED) is 0.644. The van der Waals surface area contributed by atoms with Gasteiger partial charge in [-0.2, -0.15) is 0 Å². The van der Waals surface area contributed by atoms with Crippen molar-refractivity contribution in [2.75, 3.05) is 72.6 Å². The Morgan fingerprint density at radius 2 is 1.59 bits per heavy atom. The van der Waals surface area contributed by atoms with Gasteiger partial charge in [0, 0.05) is 64.0 Å². The van der Waals surface area contributed by atoms with Crippen molar-refractivity contribution in [1.82, 2.24) is 24.5 Å². The predicted molar refractivity (Wildman–Crippen MR) is 127 cm³/mol. The number of rotatable bonds is 2. The number of likely N-dealkylation sites (N-methyl/N-ethyl adjacent to an activating group) is 1. The number of hydrogen-bond acceptors (Lipinski definition) is 5. The molecule has 1 aromatic rings. The first kappa shape index (κ1) is 23.1. The molecule has 4 aliphatic heterocycles. The summed E-state index contributed by atoms with van der Waals surface area (Å²) in [6, 6.07) is 7.40. The van der Waals surface area contributed by atoms with E-state index >= 15 is 0 Å². The molecule has 3 fully saturated rings. The van der Waals surface area contributed by atoms with Gasteiger partial charge in [0.1, 0.15) is 0 Å². The van der Waals surface area contributed by atoms with Crippen LogP contribution in [0, 0.1) is 0 Å². The number of hydrogen-bond donors (Lipinski definition) is 0. The smallest absolute Gasteiger partial charge is 0.320 e. The van der Waals surface area contributed by atoms with Crippen LogP contribution in [0.4, 0.5) is 4.79 Å². The minimum atomic E-state index is -0.734. The second kappa shape index (κ2) is 8.85. The van der Waals surface area contributed by atoms with Gasteiger partial charge in [-0.15, -0.1) is 0 Å². The molecule has 1 unspecified atom stereocenters. The lowest BCUT2D eigenvalue weighted by atomic mass is 9.67. The number of carbonyl (C=O) groups is 3. The van der Waals surface area contributed by atoms with Crippen molar-refractivity contribution in [3.8, 4) is 0 Å². The number of amides is 4. The standard InChI is InChI=1S/C25H35N5O4/c1-18(2)30-22(31)20-7-5-4-6-19(20)21(23(32)27-10-8-26(3)9-11-27)25(30)16-29(17-25)24(33)28-12-14-34-15-13-28/h4-7,18,21H,8-17H2,1-3H3. The number of urea groups is 1. The van der Waals surface area contributed by atoms with E-state index in [9.17, 15) is 14.4 Å². The van der Waals surface area contributed by atoms with Crippen LogP contribution >= 0.6 is 0 Å². The van der Waals surface area contributed by atoms with Gasteiger partial charge in [0.25, 0.3) is 5.91 Å². The van der Waals surface area contributed by atoms with E-state index in [4.69, 9.17) is 4.74 Å². The van der Waals surface area contributed by atoms with Crippen molar-refractivity contribution >= 4 is 17.8 Å². The van der Waals surface area contributed by atoms with Gasteiger partial charge in [-0.3, -0.25) is 9.59 Å². The van der Waals surface area contributed by atoms with Crippen LogP contribution in [-0.4, -0.2) is 127 Å². The lowest BCUT2D eigenvalue weighted by molar-refractivity contribution is -0.144. The number of ether oxygens (including phenoxy) is 1. The highest BCUT2D eigenvalue weighted by atomic mass is 16.5. The molecule has 0 N–H and O–H groups in total. The van der Waals surface area contributed by atoms with Crippen molar-refractivity contribution in [1.29, 1.82) is 0 Å². The Labute approximate surface area is 201 Å². The molecular formula is C25H35N5O4. The molecule has 184 valence electrons. The monoisotopic (exact) mass is 469 g/mol. The highest BCUT2D eigenvalue weighted by Gasteiger charge is 2.63. The number of fused-ring (bicyclic) bond motifs is 1. The van der Waals surface area contributed by atoms with E-state index in [0.29, 0.717) is 58.0 Å². The number of benzene rings is 1. The fourth-order valence-electron chi connectivity index (χ4n) is 6.06. The average molecular weight is 470 g/mol. The van der Waals surface area contributed by atoms with Crippen molar-refractivity contribution < 1.29 is 19.1 Å². The molecule has 4 aliphatic rings. The molecule has 0 radical (unpaired) electrons. The van der Waals surface area contributed by atoms with E-state index < -0.39 is 11.5 Å². The third kappa shape index (κ3) is 3.65. The number of carbonyl (C=O) groups excluding carboxylic acids is 3. The Balaban J connectivity index is 1.51. The topological polar surface area (TPSA) is 76.6 Å². The van der Waals surface area contributed by atoms with E-state index in [2.05, 4.69) is 11.9 Å². The Morgan fingerprint density at radius 3 is 2.24 bits per heavy atom. The molecular weight excluding hydrogens is 434 g/mol. The van der Waals surface area contributed by atoms with Crippen molar-refractivity contribution in [2.24, 2.45) is 0 Å². The fraction of sp³-hybridized carbons (Fsp3) is 0.640. The Morgan fingerprint density at radius 1 is 0.941 bits per heavy atom. The van der Waals surface area contributed by atoms with Gasteiger partial charge in [-0.05, 0) is 32.5 Å². The van der Waals surface area contributed by atoms with Gasteiger partial charge in [0.05, 0.1) is 24.7 Å².